The van der Waals surface area contributed by atoms with Gasteiger partial charge in [-0.15, -0.1) is 0 Å². The Morgan fingerprint density at radius 2 is 1.71 bits per heavy atom. The van der Waals surface area contributed by atoms with Crippen molar-refractivity contribution in [2.75, 3.05) is 22.6 Å². The summed E-state index contributed by atoms with van der Waals surface area (Å²) in [6, 6.07) is 15.7. The lowest BCUT2D eigenvalue weighted by atomic mass is 10.1. The van der Waals surface area contributed by atoms with Crippen LogP contribution in [0.3, 0.4) is 0 Å². The van der Waals surface area contributed by atoms with Gasteiger partial charge in [-0.3, -0.25) is 9.59 Å². The molecule has 0 saturated carbocycles. The lowest BCUT2D eigenvalue weighted by Gasteiger charge is -2.19. The summed E-state index contributed by atoms with van der Waals surface area (Å²) in [5.74, 6) is -0.329. The zero-order valence-electron chi connectivity index (χ0n) is 17.6. The molecular formula is C24H23ClN4O2. The fourth-order valence-electron chi connectivity index (χ4n) is 2.84. The van der Waals surface area contributed by atoms with Crippen LogP contribution in [0.25, 0.3) is 0 Å². The van der Waals surface area contributed by atoms with Crippen molar-refractivity contribution in [3.8, 4) is 0 Å². The van der Waals surface area contributed by atoms with E-state index in [0.717, 1.165) is 16.9 Å². The minimum atomic E-state index is -0.382. The maximum absolute atomic E-state index is 12.8. The van der Waals surface area contributed by atoms with Crippen molar-refractivity contribution in [2.24, 2.45) is 0 Å². The smallest absolute Gasteiger partial charge is 0.258 e. The lowest BCUT2D eigenvalue weighted by Crippen LogP contribution is -2.19. The number of hydrogen-bond acceptors (Lipinski definition) is 4. The number of halogens is 1. The van der Waals surface area contributed by atoms with Crippen LogP contribution in [0.15, 0.2) is 73.1 Å². The van der Waals surface area contributed by atoms with E-state index in [1.165, 1.54) is 6.20 Å². The number of aromatic nitrogens is 1. The minimum Gasteiger partial charge on any atom is -0.349 e. The van der Waals surface area contributed by atoms with Crippen molar-refractivity contribution in [1.82, 2.24) is 4.98 Å². The zero-order chi connectivity index (χ0) is 22.5. The van der Waals surface area contributed by atoms with Crippen LogP contribution in [0.1, 0.15) is 33.2 Å². The van der Waals surface area contributed by atoms with Gasteiger partial charge in [-0.05, 0) is 62.4 Å². The van der Waals surface area contributed by atoms with Crippen LogP contribution < -0.4 is 15.5 Å². The highest BCUT2D eigenvalue weighted by atomic mass is 35.5. The van der Waals surface area contributed by atoms with Gasteiger partial charge >= 0.3 is 0 Å². The number of rotatable bonds is 6. The minimum absolute atomic E-state index is 0.313. The monoisotopic (exact) mass is 434 g/mol. The number of hydrogen-bond donors (Lipinski definition) is 2. The molecule has 0 aliphatic rings. The highest BCUT2D eigenvalue weighted by Crippen LogP contribution is 2.22. The molecule has 2 amide bonds. The topological polar surface area (TPSA) is 74.3 Å². The SMILES string of the molecule is C=C(C)N(C)c1ccc(C(=O)Nc2ccc(C)cc2C(=O)Nc2ccc(Cl)cn2)cc1. The van der Waals surface area contributed by atoms with Crippen molar-refractivity contribution in [3.63, 3.8) is 0 Å². The van der Waals surface area contributed by atoms with Crippen molar-refractivity contribution in [1.29, 1.82) is 0 Å². The molecule has 2 N–H and O–H groups in total. The van der Waals surface area contributed by atoms with Crippen LogP contribution in [0.2, 0.25) is 5.02 Å². The molecule has 0 radical (unpaired) electrons. The fraction of sp³-hybridized carbons (Fsp3) is 0.125. The predicted octanol–water partition coefficient (Wildman–Crippen LogP) is 5.52. The van der Waals surface area contributed by atoms with E-state index in [4.69, 9.17) is 11.6 Å². The molecule has 158 valence electrons. The number of anilines is 3. The van der Waals surface area contributed by atoms with E-state index in [0.29, 0.717) is 27.7 Å². The number of nitrogens with one attached hydrogen (secondary N) is 2. The van der Waals surface area contributed by atoms with Gasteiger partial charge in [-0.2, -0.15) is 0 Å². The number of carbonyl (C=O) groups is 2. The molecule has 0 saturated heterocycles. The quantitative estimate of drug-likeness (QED) is 0.535. The molecule has 3 aromatic rings. The van der Waals surface area contributed by atoms with Gasteiger partial charge in [0, 0.05) is 30.2 Å². The highest BCUT2D eigenvalue weighted by molar-refractivity contribution is 6.30. The van der Waals surface area contributed by atoms with Crippen LogP contribution in [-0.4, -0.2) is 23.8 Å². The Bertz CT molecular complexity index is 1130. The van der Waals surface area contributed by atoms with Gasteiger partial charge in [-0.1, -0.05) is 29.8 Å². The third kappa shape index (κ3) is 5.49. The average molecular weight is 435 g/mol. The molecule has 0 unspecified atom stereocenters. The molecule has 0 bridgehead atoms. The molecule has 31 heavy (non-hydrogen) atoms. The van der Waals surface area contributed by atoms with E-state index in [1.54, 1.807) is 36.4 Å². The third-order valence-electron chi connectivity index (χ3n) is 4.73. The van der Waals surface area contributed by atoms with Crippen LogP contribution >= 0.6 is 11.6 Å². The van der Waals surface area contributed by atoms with Crippen molar-refractivity contribution >= 4 is 40.6 Å². The summed E-state index contributed by atoms with van der Waals surface area (Å²) >= 11 is 5.84. The molecule has 2 aromatic carbocycles. The molecule has 6 nitrogen and oxygen atoms in total. The highest BCUT2D eigenvalue weighted by Gasteiger charge is 2.16. The second kappa shape index (κ2) is 9.45. The first-order valence-electron chi connectivity index (χ1n) is 9.59. The molecule has 1 aromatic heterocycles. The number of carbonyl (C=O) groups excluding carboxylic acids is 2. The van der Waals surface area contributed by atoms with Crippen molar-refractivity contribution < 1.29 is 9.59 Å². The van der Waals surface area contributed by atoms with Crippen LogP contribution in [-0.2, 0) is 0 Å². The summed E-state index contributed by atoms with van der Waals surface area (Å²) in [5.41, 5.74) is 3.93. The number of nitrogens with zero attached hydrogens (tertiary/aromatic N) is 2. The molecule has 0 spiro atoms. The largest absolute Gasteiger partial charge is 0.349 e. The van der Waals surface area contributed by atoms with Crippen molar-refractivity contribution in [2.45, 2.75) is 13.8 Å². The molecule has 0 aliphatic heterocycles. The Hall–Kier alpha value is -3.64. The van der Waals surface area contributed by atoms with Gasteiger partial charge in [0.05, 0.1) is 16.3 Å². The average Bonchev–Trinajstić information content (AvgIpc) is 2.76. The second-order valence-electron chi connectivity index (χ2n) is 7.16. The Morgan fingerprint density at radius 3 is 2.32 bits per heavy atom. The number of benzene rings is 2. The Balaban J connectivity index is 1.80. The molecule has 0 atom stereocenters. The molecule has 3 rings (SSSR count). The lowest BCUT2D eigenvalue weighted by molar-refractivity contribution is 0.102. The van der Waals surface area contributed by atoms with Gasteiger partial charge in [0.25, 0.3) is 11.8 Å². The summed E-state index contributed by atoms with van der Waals surface area (Å²) in [7, 11) is 1.91. The summed E-state index contributed by atoms with van der Waals surface area (Å²) < 4.78 is 0. The maximum Gasteiger partial charge on any atom is 0.258 e. The van der Waals surface area contributed by atoms with E-state index < -0.39 is 0 Å². The van der Waals surface area contributed by atoms with Gasteiger partial charge in [-0.25, -0.2) is 4.98 Å². The fourth-order valence-corrected chi connectivity index (χ4v) is 2.95. The van der Waals surface area contributed by atoms with Gasteiger partial charge in [0.2, 0.25) is 0 Å². The Morgan fingerprint density at radius 1 is 1.00 bits per heavy atom. The predicted molar refractivity (Wildman–Crippen MR) is 126 cm³/mol. The van der Waals surface area contributed by atoms with Gasteiger partial charge in [0.1, 0.15) is 5.82 Å². The first-order valence-corrected chi connectivity index (χ1v) is 9.96. The molecular weight excluding hydrogens is 412 g/mol. The number of pyridine rings is 1. The molecule has 0 fully saturated rings. The first-order chi connectivity index (χ1) is 14.7. The maximum atomic E-state index is 12.8. The van der Waals surface area contributed by atoms with Crippen LogP contribution in [0, 0.1) is 6.92 Å². The number of aryl methyl sites for hydroxylation is 1. The van der Waals surface area contributed by atoms with E-state index in [9.17, 15) is 9.59 Å². The van der Waals surface area contributed by atoms with Gasteiger partial charge < -0.3 is 15.5 Å². The number of allylic oxidation sites excluding steroid dienone is 1. The molecule has 1 heterocycles. The van der Waals surface area contributed by atoms with Crippen molar-refractivity contribution in [3.05, 3.63) is 94.8 Å². The summed E-state index contributed by atoms with van der Waals surface area (Å²) in [4.78, 5) is 31.6. The molecule has 0 aliphatic carbocycles. The molecule has 7 heteroatoms. The normalized spacial score (nSPS) is 10.3. The van der Waals surface area contributed by atoms with E-state index in [2.05, 4.69) is 22.2 Å². The first kappa shape index (κ1) is 22.1. The summed E-state index contributed by atoms with van der Waals surface area (Å²) in [5, 5.41) is 6.03. The third-order valence-corrected chi connectivity index (χ3v) is 4.95. The van der Waals surface area contributed by atoms with Gasteiger partial charge in [0.15, 0.2) is 0 Å². The zero-order valence-corrected chi connectivity index (χ0v) is 18.3. The summed E-state index contributed by atoms with van der Waals surface area (Å²) in [6.45, 7) is 7.69. The Labute approximate surface area is 186 Å². The van der Waals surface area contributed by atoms with Crippen LogP contribution in [0.4, 0.5) is 17.2 Å². The van der Waals surface area contributed by atoms with E-state index in [1.807, 2.05) is 44.0 Å². The van der Waals surface area contributed by atoms with E-state index in [-0.39, 0.29) is 11.8 Å². The summed E-state index contributed by atoms with van der Waals surface area (Å²) in [6.07, 6.45) is 1.45. The van der Waals surface area contributed by atoms with Crippen LogP contribution in [0.5, 0.6) is 0 Å². The second-order valence-corrected chi connectivity index (χ2v) is 7.60. The Kier molecular flexibility index (Phi) is 6.72. The van der Waals surface area contributed by atoms with E-state index >= 15 is 0 Å². The number of amides is 2. The standard InChI is InChI=1S/C24H23ClN4O2/c1-15(2)29(4)19-9-6-17(7-10-19)23(30)27-21-11-5-16(3)13-20(21)24(31)28-22-12-8-18(25)14-26-22/h5-14H,1H2,2-4H3,(H,27,30)(H,26,28,31).